The molecule has 0 nitrogen and oxygen atoms in total. The Morgan fingerprint density at radius 1 is 0.153 bits per heavy atom. The van der Waals surface area contributed by atoms with Crippen molar-refractivity contribution in [1.82, 2.24) is 0 Å². The van der Waals surface area contributed by atoms with Gasteiger partial charge in [-0.05, 0) is 0 Å². The minimum absolute atomic E-state index is 1.08. The van der Waals surface area contributed by atoms with E-state index in [0.29, 0.717) is 0 Å². The third-order valence-electron chi connectivity index (χ3n) is 14.7. The van der Waals surface area contributed by atoms with E-state index in [-0.39, 0.29) is 0 Å². The smallest absolute Gasteiger partial charge is 0.0654 e. The van der Waals surface area contributed by atoms with Gasteiger partial charge in [0.25, 0.3) is 0 Å². The van der Waals surface area contributed by atoms with Gasteiger partial charge < -0.3 is 0 Å². The minimum Gasteiger partial charge on any atom is -0.0654 e. The van der Waals surface area contributed by atoms with Crippen LogP contribution in [-0.4, -0.2) is 25.2 Å². The molecule has 0 rings (SSSR count). The predicted molar refractivity (Wildman–Crippen MR) is 281 cm³/mol. The molecule has 0 fully saturated rings. The Kier molecular flexibility index (Phi) is 53.2. The van der Waals surface area contributed by atoms with E-state index in [4.69, 9.17) is 0 Å². The molecule has 0 saturated heterocycles. The summed E-state index contributed by atoms with van der Waals surface area (Å²) in [6.45, 7) is 9.81. The van der Waals surface area contributed by atoms with Crippen molar-refractivity contribution in [3.8, 4) is 0 Å². The molecule has 0 aliphatic carbocycles. The monoisotopic (exact) mass is 849 g/mol. The van der Waals surface area contributed by atoms with Gasteiger partial charge in [-0.2, -0.15) is 0 Å². The van der Waals surface area contributed by atoms with Crippen LogP contribution in [0.25, 0.3) is 0 Å². The van der Waals surface area contributed by atoms with Crippen LogP contribution < -0.4 is 0 Å². The summed E-state index contributed by atoms with van der Waals surface area (Å²) >= 11 is 0. The Morgan fingerprint density at radius 3 is 0.373 bits per heavy atom. The quantitative estimate of drug-likeness (QED) is 0.0423. The summed E-state index contributed by atoms with van der Waals surface area (Å²) < 4.78 is 0. The first-order chi connectivity index (χ1) is 29.2. The Hall–Kier alpha value is 0.430. The Morgan fingerprint density at radius 2 is 0.254 bits per heavy atom. The molecule has 0 bridgehead atoms. The molecule has 0 heterocycles. The first-order valence-electron chi connectivity index (χ1n) is 29.2. The fraction of sp³-hybridized carbons (Fsp3) is 1.00. The van der Waals surface area contributed by atoms with Crippen LogP contribution in [0.2, 0.25) is 0 Å². The zero-order valence-corrected chi connectivity index (χ0v) is 43.7. The van der Waals surface area contributed by atoms with Crippen LogP contribution in [0.1, 0.15) is 348 Å². The fourth-order valence-electron chi connectivity index (χ4n) is 10.2. The van der Waals surface area contributed by atoms with E-state index >= 15 is 0 Å². The average molecular weight is 850 g/mol. The maximum atomic E-state index is 2.85. The van der Waals surface area contributed by atoms with Crippen LogP contribution in [0.3, 0.4) is 0 Å². The summed E-state index contributed by atoms with van der Waals surface area (Å²) in [5, 5.41) is 0. The topological polar surface area (TPSA) is 0 Å². The van der Waals surface area contributed by atoms with Crippen LogP contribution >= 0.6 is 7.26 Å². The van der Waals surface area contributed by atoms with Gasteiger partial charge in [-0.25, -0.2) is 0 Å². The van der Waals surface area contributed by atoms with Crippen molar-refractivity contribution >= 4 is 7.26 Å². The first-order valence-corrected chi connectivity index (χ1v) is 32.3. The molecule has 0 aliphatic rings. The molecule has 0 amide bonds. The van der Waals surface area contributed by atoms with Gasteiger partial charge in [-0.1, -0.05) is 136 Å². The Labute approximate surface area is 379 Å². The summed E-state index contributed by atoms with van der Waals surface area (Å²) in [5.74, 6) is 0. The molecule has 59 heavy (non-hydrogen) atoms. The van der Waals surface area contributed by atoms with Gasteiger partial charge in [0.15, 0.2) is 0 Å². The summed E-state index contributed by atoms with van der Waals surface area (Å²) in [4.78, 5) is 0. The normalized spacial score (nSPS) is 12.3. The van der Waals surface area contributed by atoms with Gasteiger partial charge in [-0.15, -0.1) is 0 Å². The molecule has 0 saturated carbocycles. The third-order valence-corrected chi connectivity index (χ3v) is 19.3. The van der Waals surface area contributed by atoms with Gasteiger partial charge >= 0.3 is 244 Å². The van der Waals surface area contributed by atoms with Gasteiger partial charge in [0, 0.05) is 0 Å². The van der Waals surface area contributed by atoms with Gasteiger partial charge in [-0.3, -0.25) is 0 Å². The van der Waals surface area contributed by atoms with Crippen molar-refractivity contribution in [3.63, 3.8) is 0 Å². The molecule has 0 atom stereocenters. The first kappa shape index (κ1) is 59.4. The van der Waals surface area contributed by atoms with E-state index < -0.39 is 7.26 Å². The zero-order chi connectivity index (χ0) is 42.7. The standard InChI is InChI=1S/C58H121P/c1-5-8-11-14-17-20-23-26-29-32-35-38-41-44-47-50-53-56-59(4,57-54-51-48-45-42-39-36-33-30-27-24-21-18-15-12-9-6-2)58-55-52-49-46-43-40-37-34-31-28-25-22-19-16-13-10-7-3/h59H,5-58H2,1-4H3. The maximum absolute atomic E-state index is 2.85. The van der Waals surface area contributed by atoms with Crippen molar-refractivity contribution < 1.29 is 0 Å². The summed E-state index contributed by atoms with van der Waals surface area (Å²) in [6.07, 6.45) is 81.0. The number of unbranched alkanes of at least 4 members (excludes halogenated alkanes) is 48. The van der Waals surface area contributed by atoms with E-state index in [1.54, 1.807) is 37.7 Å². The van der Waals surface area contributed by atoms with Crippen LogP contribution in [0.5, 0.6) is 0 Å². The van der Waals surface area contributed by atoms with Gasteiger partial charge in [0.2, 0.25) is 0 Å². The molecule has 358 valence electrons. The van der Waals surface area contributed by atoms with Crippen LogP contribution in [0, 0.1) is 0 Å². The molecule has 0 aromatic rings. The molecule has 0 spiro atoms. The second kappa shape index (κ2) is 52.8. The van der Waals surface area contributed by atoms with Crippen molar-refractivity contribution in [1.29, 1.82) is 0 Å². The number of hydrogen-bond donors (Lipinski definition) is 0. The Balaban J connectivity index is 4.08. The summed E-state index contributed by atoms with van der Waals surface area (Å²) in [5.41, 5.74) is 0. The van der Waals surface area contributed by atoms with E-state index in [1.807, 2.05) is 0 Å². The van der Waals surface area contributed by atoms with Gasteiger partial charge in [0.05, 0.1) is 0 Å². The van der Waals surface area contributed by atoms with Gasteiger partial charge in [0.1, 0.15) is 0 Å². The SMILES string of the molecule is CCCCCCCCCCCCCCCCCCC[PH](C)(CCCCCCCCCCCCCCCCCCC)CCCCCCCCCCCCCCCCCCC. The summed E-state index contributed by atoms with van der Waals surface area (Å²) in [6, 6.07) is 0. The molecule has 0 radical (unpaired) electrons. The molecule has 0 N–H and O–H groups in total. The average Bonchev–Trinajstić information content (AvgIpc) is 3.24. The summed E-state index contributed by atoms with van der Waals surface area (Å²) in [7, 11) is -1.08. The zero-order valence-electron chi connectivity index (χ0n) is 42.7. The van der Waals surface area contributed by atoms with Crippen molar-refractivity contribution in [2.75, 3.05) is 25.2 Å². The van der Waals surface area contributed by atoms with E-state index in [0.717, 1.165) is 0 Å². The van der Waals surface area contributed by atoms with Crippen LogP contribution in [0.4, 0.5) is 0 Å². The Bertz CT molecular complexity index is 621. The number of rotatable bonds is 54. The molecular formula is C58H121P. The molecule has 0 aromatic carbocycles. The second-order valence-corrected chi connectivity index (χ2v) is 26.2. The van der Waals surface area contributed by atoms with E-state index in [9.17, 15) is 0 Å². The minimum atomic E-state index is -1.08. The van der Waals surface area contributed by atoms with Crippen molar-refractivity contribution in [2.24, 2.45) is 0 Å². The second-order valence-electron chi connectivity index (χ2n) is 21.0. The van der Waals surface area contributed by atoms with Crippen LogP contribution in [0.15, 0.2) is 0 Å². The molecule has 1 heteroatoms. The van der Waals surface area contributed by atoms with E-state index in [2.05, 4.69) is 27.4 Å². The molecule has 0 aromatic heterocycles. The number of hydrogen-bond acceptors (Lipinski definition) is 0. The molecular weight excluding hydrogens is 728 g/mol. The van der Waals surface area contributed by atoms with Crippen molar-refractivity contribution in [2.45, 2.75) is 348 Å². The van der Waals surface area contributed by atoms with E-state index in [1.165, 1.54) is 308 Å². The van der Waals surface area contributed by atoms with Crippen molar-refractivity contribution in [3.05, 3.63) is 0 Å². The predicted octanol–water partition coefficient (Wildman–Crippen LogP) is 22.3. The van der Waals surface area contributed by atoms with Crippen LogP contribution in [-0.2, 0) is 0 Å². The molecule has 0 unspecified atom stereocenters. The fourth-order valence-corrected chi connectivity index (χ4v) is 14.3. The molecule has 0 aliphatic heterocycles. The third kappa shape index (κ3) is 51.0.